The van der Waals surface area contributed by atoms with Crippen molar-refractivity contribution in [3.8, 4) is 11.5 Å². The Morgan fingerprint density at radius 3 is 2.47 bits per heavy atom. The zero-order valence-electron chi connectivity index (χ0n) is 18.7. The summed E-state index contributed by atoms with van der Waals surface area (Å²) < 4.78 is 10.6. The lowest BCUT2D eigenvalue weighted by atomic mass is 10.1. The van der Waals surface area contributed by atoms with E-state index in [1.807, 2.05) is 17.5 Å². The molecule has 1 atom stereocenters. The van der Waals surface area contributed by atoms with E-state index in [1.165, 1.54) is 0 Å². The van der Waals surface area contributed by atoms with Crippen molar-refractivity contribution in [1.82, 2.24) is 5.32 Å². The number of amides is 3. The molecule has 3 aromatic rings. The molecule has 1 aliphatic rings. The molecule has 0 aliphatic carbocycles. The number of nitrogens with zero attached hydrogens (tertiary/aromatic N) is 1. The number of ether oxygens (including phenoxy) is 2. The van der Waals surface area contributed by atoms with Gasteiger partial charge in [0.2, 0.25) is 11.8 Å². The Bertz CT molecular complexity index is 1130. The summed E-state index contributed by atoms with van der Waals surface area (Å²) >= 11 is 1.58. The van der Waals surface area contributed by atoms with Gasteiger partial charge in [-0.1, -0.05) is 6.07 Å². The fourth-order valence-electron chi connectivity index (χ4n) is 3.61. The molecule has 176 valence electrons. The summed E-state index contributed by atoms with van der Waals surface area (Å²) in [5.74, 6) is 0.322. The molecule has 3 amide bonds. The van der Waals surface area contributed by atoms with Crippen LogP contribution in [0, 0.1) is 5.92 Å². The molecule has 8 nitrogen and oxygen atoms in total. The molecule has 2 heterocycles. The summed E-state index contributed by atoms with van der Waals surface area (Å²) in [5, 5.41) is 7.62. The van der Waals surface area contributed by atoms with Gasteiger partial charge in [0.05, 0.1) is 19.6 Å². The molecule has 2 N–H and O–H groups in total. The van der Waals surface area contributed by atoms with Gasteiger partial charge in [-0.25, -0.2) is 0 Å². The molecule has 34 heavy (non-hydrogen) atoms. The highest BCUT2D eigenvalue weighted by atomic mass is 32.1. The minimum atomic E-state index is -0.384. The van der Waals surface area contributed by atoms with Crippen molar-refractivity contribution in [2.45, 2.75) is 13.0 Å². The van der Waals surface area contributed by atoms with Crippen LogP contribution in [0.15, 0.2) is 66.0 Å². The molecule has 1 aliphatic heterocycles. The van der Waals surface area contributed by atoms with Gasteiger partial charge in [-0.3, -0.25) is 14.4 Å². The maximum Gasteiger partial charge on any atom is 0.262 e. The summed E-state index contributed by atoms with van der Waals surface area (Å²) in [6, 6.07) is 17.8. The Hall–Kier alpha value is -3.85. The van der Waals surface area contributed by atoms with Gasteiger partial charge < -0.3 is 25.0 Å². The largest absolute Gasteiger partial charge is 0.497 e. The maximum absolute atomic E-state index is 12.5. The van der Waals surface area contributed by atoms with Crippen molar-refractivity contribution in [3.63, 3.8) is 0 Å². The van der Waals surface area contributed by atoms with E-state index >= 15 is 0 Å². The van der Waals surface area contributed by atoms with Gasteiger partial charge in [0.1, 0.15) is 11.5 Å². The highest BCUT2D eigenvalue weighted by Gasteiger charge is 2.35. The normalized spacial score (nSPS) is 15.1. The van der Waals surface area contributed by atoms with Crippen molar-refractivity contribution in [2.75, 3.05) is 30.5 Å². The lowest BCUT2D eigenvalue weighted by Gasteiger charge is -2.17. The van der Waals surface area contributed by atoms with Crippen LogP contribution in [0.4, 0.5) is 11.4 Å². The first-order valence-corrected chi connectivity index (χ1v) is 11.7. The smallest absolute Gasteiger partial charge is 0.262 e. The Labute approximate surface area is 201 Å². The van der Waals surface area contributed by atoms with Crippen molar-refractivity contribution in [1.29, 1.82) is 0 Å². The molecule has 1 saturated heterocycles. The van der Waals surface area contributed by atoms with Gasteiger partial charge in [-0.05, 0) is 60.0 Å². The fraction of sp³-hybridized carbons (Fsp3) is 0.240. The van der Waals surface area contributed by atoms with E-state index in [9.17, 15) is 14.4 Å². The Morgan fingerprint density at radius 1 is 1.06 bits per heavy atom. The third kappa shape index (κ3) is 5.93. The van der Waals surface area contributed by atoms with Crippen LogP contribution in [-0.4, -0.2) is 38.0 Å². The lowest BCUT2D eigenvalue weighted by Crippen LogP contribution is -2.32. The minimum Gasteiger partial charge on any atom is -0.497 e. The summed E-state index contributed by atoms with van der Waals surface area (Å²) in [6.07, 6.45) is 0.181. The van der Waals surface area contributed by atoms with Crippen LogP contribution < -0.4 is 25.0 Å². The van der Waals surface area contributed by atoms with Gasteiger partial charge in [0.25, 0.3) is 5.91 Å². The molecule has 0 spiro atoms. The van der Waals surface area contributed by atoms with E-state index < -0.39 is 0 Å². The van der Waals surface area contributed by atoms with Crippen LogP contribution in [0.25, 0.3) is 0 Å². The first kappa shape index (κ1) is 23.3. The van der Waals surface area contributed by atoms with Gasteiger partial charge in [0, 0.05) is 29.2 Å². The SMILES string of the molecule is COc1ccc(NC(=O)COc2ccc(N3C[C@H](C(=O)NCc4cccs4)CC3=O)cc2)cc1. The third-order valence-electron chi connectivity index (χ3n) is 5.40. The van der Waals surface area contributed by atoms with Crippen LogP contribution in [0.2, 0.25) is 0 Å². The van der Waals surface area contributed by atoms with E-state index in [0.29, 0.717) is 36.0 Å². The number of hydrogen-bond donors (Lipinski definition) is 2. The van der Waals surface area contributed by atoms with Gasteiger partial charge in [0.15, 0.2) is 6.61 Å². The number of thiophene rings is 1. The second-order valence-electron chi connectivity index (χ2n) is 7.76. The molecule has 2 aromatic carbocycles. The molecule has 0 unspecified atom stereocenters. The number of rotatable bonds is 9. The third-order valence-corrected chi connectivity index (χ3v) is 6.28. The first-order chi connectivity index (χ1) is 16.5. The molecule has 9 heteroatoms. The summed E-state index contributed by atoms with van der Waals surface area (Å²) in [5.41, 5.74) is 1.33. The molecular formula is C25H25N3O5S. The minimum absolute atomic E-state index is 0.0937. The number of benzene rings is 2. The van der Waals surface area contributed by atoms with E-state index in [-0.39, 0.29) is 36.7 Å². The zero-order chi connectivity index (χ0) is 23.9. The number of carbonyl (C=O) groups is 3. The first-order valence-electron chi connectivity index (χ1n) is 10.8. The predicted molar refractivity (Wildman–Crippen MR) is 130 cm³/mol. The second kappa shape index (κ2) is 10.8. The maximum atomic E-state index is 12.5. The van der Waals surface area contributed by atoms with Crippen LogP contribution in [-0.2, 0) is 20.9 Å². The van der Waals surface area contributed by atoms with E-state index in [1.54, 1.807) is 71.9 Å². The second-order valence-corrected chi connectivity index (χ2v) is 8.79. The highest BCUT2D eigenvalue weighted by molar-refractivity contribution is 7.09. The fourth-order valence-corrected chi connectivity index (χ4v) is 4.25. The molecule has 1 fully saturated rings. The Balaban J connectivity index is 1.25. The summed E-state index contributed by atoms with van der Waals surface area (Å²) in [4.78, 5) is 39.8. The summed E-state index contributed by atoms with van der Waals surface area (Å²) in [7, 11) is 1.58. The van der Waals surface area contributed by atoms with Crippen LogP contribution in [0.5, 0.6) is 11.5 Å². The number of anilines is 2. The van der Waals surface area contributed by atoms with Gasteiger partial charge in [-0.2, -0.15) is 0 Å². The number of hydrogen-bond acceptors (Lipinski definition) is 6. The topological polar surface area (TPSA) is 97.0 Å². The van der Waals surface area contributed by atoms with E-state index in [4.69, 9.17) is 9.47 Å². The van der Waals surface area contributed by atoms with Crippen molar-refractivity contribution in [3.05, 3.63) is 70.9 Å². The Morgan fingerprint density at radius 2 is 1.79 bits per heavy atom. The van der Waals surface area contributed by atoms with Gasteiger partial charge in [-0.15, -0.1) is 11.3 Å². The summed E-state index contributed by atoms with van der Waals surface area (Å²) in [6.45, 7) is 0.652. The standard InChI is InChI=1S/C25H25N3O5S/c1-32-20-8-4-18(5-9-20)27-23(29)16-33-21-10-6-19(7-11-21)28-15-17(13-24(28)30)25(31)26-14-22-3-2-12-34-22/h2-12,17H,13-16H2,1H3,(H,26,31)(H,27,29)/t17-/m1/s1. The molecule has 0 saturated carbocycles. The van der Waals surface area contributed by atoms with Crippen molar-refractivity contribution in [2.24, 2.45) is 5.92 Å². The quantitative estimate of drug-likeness (QED) is 0.490. The molecule has 4 rings (SSSR count). The average molecular weight is 480 g/mol. The molecule has 0 bridgehead atoms. The van der Waals surface area contributed by atoms with Crippen LogP contribution in [0.1, 0.15) is 11.3 Å². The number of carbonyl (C=O) groups excluding carboxylic acids is 3. The Kier molecular flexibility index (Phi) is 7.44. The van der Waals surface area contributed by atoms with Crippen LogP contribution in [0.3, 0.4) is 0 Å². The van der Waals surface area contributed by atoms with Crippen molar-refractivity contribution < 1.29 is 23.9 Å². The number of nitrogens with one attached hydrogen (secondary N) is 2. The predicted octanol–water partition coefficient (Wildman–Crippen LogP) is 3.44. The van der Waals surface area contributed by atoms with E-state index in [0.717, 1.165) is 4.88 Å². The molecule has 1 aromatic heterocycles. The lowest BCUT2D eigenvalue weighted by molar-refractivity contribution is -0.126. The molecular weight excluding hydrogens is 454 g/mol. The van der Waals surface area contributed by atoms with E-state index in [2.05, 4.69) is 10.6 Å². The molecule has 0 radical (unpaired) electrons. The average Bonchev–Trinajstić information content (AvgIpc) is 3.52. The number of methoxy groups -OCH3 is 1. The van der Waals surface area contributed by atoms with Crippen LogP contribution >= 0.6 is 11.3 Å². The van der Waals surface area contributed by atoms with Crippen molar-refractivity contribution >= 4 is 40.4 Å². The zero-order valence-corrected chi connectivity index (χ0v) is 19.5. The highest BCUT2D eigenvalue weighted by Crippen LogP contribution is 2.27. The van der Waals surface area contributed by atoms with Gasteiger partial charge >= 0.3 is 0 Å². The monoisotopic (exact) mass is 479 g/mol.